The Hall–Kier alpha value is -0.0800. The molecular weight excluding hydrogens is 93.0 g/mol. The van der Waals surface area contributed by atoms with Gasteiger partial charge in [-0.3, -0.25) is 0 Å². The largest absolute Gasteiger partial charge is 0.194 e. The Morgan fingerprint density at radius 2 is 1.50 bits per heavy atom. The zero-order valence-electron chi connectivity index (χ0n) is 4.39. The lowest BCUT2D eigenvalue weighted by Crippen LogP contribution is -1.74. The first-order chi connectivity index (χ1) is 2.56. The van der Waals surface area contributed by atoms with Crippen LogP contribution in [0, 0.1) is 11.1 Å². The predicted octanol–water partition coefficient (Wildman–Crippen LogP) is 1.37. The van der Waals surface area contributed by atoms with Crippen LogP contribution in [0.3, 0.4) is 0 Å². The van der Waals surface area contributed by atoms with Gasteiger partial charge in [-0.05, 0) is 27.3 Å². The molecule has 0 aromatic carbocycles. The molecule has 0 N–H and O–H groups in total. The Kier molecular flexibility index (Phi) is 1.56. The molecule has 2 heteroatoms. The standard InChI is InChI=1S/C4H9NP/c1-6(2,3)4-5/h1-3H3. The second-order valence-electron chi connectivity index (χ2n) is 2.11. The van der Waals surface area contributed by atoms with E-state index in [2.05, 4.69) is 5.81 Å². The zero-order chi connectivity index (χ0) is 5.21. The molecule has 0 spiro atoms. The number of hydrogen-bond acceptors (Lipinski definition) is 1. The van der Waals surface area contributed by atoms with Crippen LogP contribution in [0.1, 0.15) is 0 Å². The Morgan fingerprint density at radius 1 is 1.33 bits per heavy atom. The molecule has 35 valence electrons. The maximum Gasteiger partial charge on any atom is 0.0813 e. The molecule has 6 heavy (non-hydrogen) atoms. The summed E-state index contributed by atoms with van der Waals surface area (Å²) in [6.07, 6.45) is 0. The summed E-state index contributed by atoms with van der Waals surface area (Å²) in [5.74, 6) is 2.22. The Labute approximate surface area is 39.3 Å². The molecule has 0 aliphatic carbocycles. The summed E-state index contributed by atoms with van der Waals surface area (Å²) in [4.78, 5) is 0. The molecule has 0 aromatic rings. The second kappa shape index (κ2) is 1.58. The monoisotopic (exact) mass is 102 g/mol. The lowest BCUT2D eigenvalue weighted by atomic mass is 11.7. The lowest BCUT2D eigenvalue weighted by Gasteiger charge is -2.04. The van der Waals surface area contributed by atoms with Gasteiger partial charge in [-0.15, -0.1) is 0 Å². The molecule has 0 saturated heterocycles. The number of nitriles is 1. The van der Waals surface area contributed by atoms with Crippen molar-refractivity contribution in [2.24, 2.45) is 0 Å². The normalized spacial score (nSPS) is 10.3. The number of nitrogens with zero attached hydrogens (tertiary/aromatic N) is 1. The SMILES string of the molecule is C[P](C)(C)C#N. The maximum atomic E-state index is 8.20. The molecule has 0 aliphatic rings. The van der Waals surface area contributed by atoms with Crippen molar-refractivity contribution in [3.8, 4) is 5.81 Å². The van der Waals surface area contributed by atoms with Gasteiger partial charge in [-0.1, -0.05) is 0 Å². The van der Waals surface area contributed by atoms with E-state index in [1.165, 1.54) is 0 Å². The van der Waals surface area contributed by atoms with Crippen molar-refractivity contribution in [3.05, 3.63) is 0 Å². The summed E-state index contributed by atoms with van der Waals surface area (Å²) < 4.78 is 0. The fourth-order valence-electron chi connectivity index (χ4n) is 0. The predicted molar refractivity (Wildman–Crippen MR) is 30.3 cm³/mol. The number of rotatable bonds is 0. The molecule has 0 fully saturated rings. The average Bonchev–Trinajstić information content (AvgIpc) is 1.35. The van der Waals surface area contributed by atoms with E-state index in [1.54, 1.807) is 0 Å². The van der Waals surface area contributed by atoms with E-state index < -0.39 is 7.26 Å². The minimum absolute atomic E-state index is 1.09. The van der Waals surface area contributed by atoms with Crippen LogP contribution < -0.4 is 0 Å². The van der Waals surface area contributed by atoms with Gasteiger partial charge in [-0.25, -0.2) is 0 Å². The van der Waals surface area contributed by atoms with Gasteiger partial charge >= 0.3 is 0 Å². The Balaban J connectivity index is 3.55. The summed E-state index contributed by atoms with van der Waals surface area (Å²) in [5, 5.41) is 8.20. The van der Waals surface area contributed by atoms with Gasteiger partial charge < -0.3 is 0 Å². The lowest BCUT2D eigenvalue weighted by molar-refractivity contribution is 1.56. The van der Waals surface area contributed by atoms with Crippen molar-refractivity contribution < 1.29 is 0 Å². The van der Waals surface area contributed by atoms with Gasteiger partial charge in [0.25, 0.3) is 0 Å². The molecule has 0 atom stereocenters. The molecule has 0 saturated carbocycles. The molecule has 0 rings (SSSR count). The van der Waals surface area contributed by atoms with Crippen LogP contribution in [-0.4, -0.2) is 20.0 Å². The molecule has 0 unspecified atom stereocenters. The molecule has 0 aromatic heterocycles. The molecule has 1 radical (unpaired) electrons. The van der Waals surface area contributed by atoms with Crippen LogP contribution in [0.2, 0.25) is 0 Å². The molecule has 0 amide bonds. The topological polar surface area (TPSA) is 23.8 Å². The summed E-state index contributed by atoms with van der Waals surface area (Å²) in [5.41, 5.74) is 0. The summed E-state index contributed by atoms with van der Waals surface area (Å²) in [6.45, 7) is 5.98. The van der Waals surface area contributed by atoms with Crippen LogP contribution in [0.25, 0.3) is 0 Å². The zero-order valence-corrected chi connectivity index (χ0v) is 5.29. The van der Waals surface area contributed by atoms with Crippen molar-refractivity contribution in [2.45, 2.75) is 0 Å². The van der Waals surface area contributed by atoms with Gasteiger partial charge in [0.15, 0.2) is 0 Å². The smallest absolute Gasteiger partial charge is 0.0813 e. The summed E-state index contributed by atoms with van der Waals surface area (Å²) in [7, 11) is -1.09. The first-order valence-electron chi connectivity index (χ1n) is 1.79. The van der Waals surface area contributed by atoms with Crippen molar-refractivity contribution in [3.63, 3.8) is 0 Å². The van der Waals surface area contributed by atoms with Crippen molar-refractivity contribution in [2.75, 3.05) is 20.0 Å². The first-order valence-corrected chi connectivity index (χ1v) is 4.92. The third kappa shape index (κ3) is 3.92. The van der Waals surface area contributed by atoms with Gasteiger partial charge in [0.05, 0.1) is 5.81 Å². The van der Waals surface area contributed by atoms with E-state index in [9.17, 15) is 0 Å². The van der Waals surface area contributed by atoms with E-state index >= 15 is 0 Å². The third-order valence-corrected chi connectivity index (χ3v) is 0.900. The summed E-state index contributed by atoms with van der Waals surface area (Å²) in [6, 6.07) is 0. The van der Waals surface area contributed by atoms with Crippen molar-refractivity contribution in [1.29, 1.82) is 5.26 Å². The second-order valence-corrected chi connectivity index (χ2v) is 6.34. The summed E-state index contributed by atoms with van der Waals surface area (Å²) >= 11 is 0. The minimum Gasteiger partial charge on any atom is -0.194 e. The maximum absolute atomic E-state index is 8.20. The van der Waals surface area contributed by atoms with Gasteiger partial charge in [0.2, 0.25) is 0 Å². The molecule has 0 bridgehead atoms. The van der Waals surface area contributed by atoms with Crippen LogP contribution in [0.5, 0.6) is 0 Å². The highest BCUT2D eigenvalue weighted by atomic mass is 31.2. The van der Waals surface area contributed by atoms with Gasteiger partial charge in [0, 0.05) is 0 Å². The van der Waals surface area contributed by atoms with Crippen LogP contribution >= 0.6 is 7.26 Å². The molecule has 1 nitrogen and oxygen atoms in total. The first kappa shape index (κ1) is 5.92. The third-order valence-electron chi connectivity index (χ3n) is 0.300. The van der Waals surface area contributed by atoms with E-state index in [1.807, 2.05) is 20.0 Å². The molecular formula is C4H9NP. The van der Waals surface area contributed by atoms with Crippen LogP contribution in [0.4, 0.5) is 0 Å². The van der Waals surface area contributed by atoms with Gasteiger partial charge in [0.1, 0.15) is 0 Å². The van der Waals surface area contributed by atoms with E-state index in [0.29, 0.717) is 0 Å². The van der Waals surface area contributed by atoms with Crippen LogP contribution in [-0.2, 0) is 0 Å². The Bertz CT molecular complexity index is 74.5. The Morgan fingerprint density at radius 3 is 1.50 bits per heavy atom. The number of hydrogen-bond donors (Lipinski definition) is 0. The van der Waals surface area contributed by atoms with E-state index in [-0.39, 0.29) is 0 Å². The fraction of sp³-hybridized carbons (Fsp3) is 0.750. The highest BCUT2D eigenvalue weighted by molar-refractivity contribution is 7.78. The van der Waals surface area contributed by atoms with Crippen molar-refractivity contribution in [1.82, 2.24) is 0 Å². The fourth-order valence-corrected chi connectivity index (χ4v) is 0. The van der Waals surface area contributed by atoms with E-state index in [0.717, 1.165) is 0 Å². The average molecular weight is 102 g/mol. The highest BCUT2D eigenvalue weighted by Crippen LogP contribution is 2.44. The minimum atomic E-state index is -1.09. The van der Waals surface area contributed by atoms with Crippen molar-refractivity contribution >= 4 is 7.26 Å². The quantitative estimate of drug-likeness (QED) is 0.424. The van der Waals surface area contributed by atoms with Gasteiger partial charge in [-0.2, -0.15) is 5.26 Å². The molecule has 0 aliphatic heterocycles. The molecule has 0 heterocycles. The van der Waals surface area contributed by atoms with E-state index in [4.69, 9.17) is 5.26 Å². The van der Waals surface area contributed by atoms with Crippen LogP contribution in [0.15, 0.2) is 0 Å². The highest BCUT2D eigenvalue weighted by Gasteiger charge is 2.00.